The van der Waals surface area contributed by atoms with Crippen molar-refractivity contribution in [3.8, 4) is 16.8 Å². The Balaban J connectivity index is 1.32. The SMILES string of the molecule is c1cc(-c2cccc3c2sc2ccccc23)cc(-n2c3ccccc3c3sc4c5ccccc5c5sccc5c4c32)c1. The minimum atomic E-state index is 1.20. The van der Waals surface area contributed by atoms with Crippen LogP contribution in [-0.4, -0.2) is 4.57 Å². The molecule has 0 aliphatic heterocycles. The van der Waals surface area contributed by atoms with Gasteiger partial charge in [-0.2, -0.15) is 0 Å². The molecule has 0 fully saturated rings. The molecular weight excluding hydrogens is 567 g/mol. The van der Waals surface area contributed by atoms with Gasteiger partial charge >= 0.3 is 0 Å². The Kier molecular flexibility index (Phi) is 4.69. The first-order chi connectivity index (χ1) is 20.8. The van der Waals surface area contributed by atoms with Crippen LogP contribution in [0.3, 0.4) is 0 Å². The summed E-state index contributed by atoms with van der Waals surface area (Å²) in [4.78, 5) is 0. The topological polar surface area (TPSA) is 4.93 Å². The van der Waals surface area contributed by atoms with E-state index in [2.05, 4.69) is 131 Å². The molecule has 0 N–H and O–H groups in total. The molecule has 0 aliphatic carbocycles. The summed E-state index contributed by atoms with van der Waals surface area (Å²) in [6, 6.07) is 44.8. The molecule has 196 valence electrons. The second-order valence-corrected chi connectivity index (χ2v) is 13.9. The van der Waals surface area contributed by atoms with Crippen LogP contribution < -0.4 is 0 Å². The molecule has 0 spiro atoms. The van der Waals surface area contributed by atoms with Crippen molar-refractivity contribution in [2.75, 3.05) is 0 Å². The van der Waals surface area contributed by atoms with Gasteiger partial charge < -0.3 is 4.57 Å². The van der Waals surface area contributed by atoms with E-state index < -0.39 is 0 Å². The van der Waals surface area contributed by atoms with E-state index in [1.807, 2.05) is 34.0 Å². The first-order valence-electron chi connectivity index (χ1n) is 14.1. The molecule has 4 heteroatoms. The Hall–Kier alpha value is -4.48. The molecule has 10 rings (SSSR count). The number of hydrogen-bond donors (Lipinski definition) is 0. The third kappa shape index (κ3) is 3.01. The van der Waals surface area contributed by atoms with Gasteiger partial charge in [0.05, 0.1) is 15.7 Å². The standard InChI is InChI=1S/C38H21NS3/c1-2-13-28-27(12-1)35-30(19-20-40-35)33-34-38(42-37(28)33)29-14-3-5-17-31(29)39(34)23-10-7-9-22(21-23)24-15-8-16-26-25-11-4-6-18-32(25)41-36(24)26/h1-21H. The van der Waals surface area contributed by atoms with Gasteiger partial charge in [0.25, 0.3) is 0 Å². The molecule has 0 aliphatic rings. The zero-order valence-corrected chi connectivity index (χ0v) is 24.7. The molecule has 4 heterocycles. The number of fused-ring (bicyclic) bond motifs is 13. The van der Waals surface area contributed by atoms with Gasteiger partial charge in [-0.1, -0.05) is 91.0 Å². The lowest BCUT2D eigenvalue weighted by molar-refractivity contribution is 1.19. The van der Waals surface area contributed by atoms with Crippen molar-refractivity contribution in [1.82, 2.24) is 4.57 Å². The van der Waals surface area contributed by atoms with Gasteiger partial charge in [-0.05, 0) is 46.8 Å². The summed E-state index contributed by atoms with van der Waals surface area (Å²) in [6.45, 7) is 0. The lowest BCUT2D eigenvalue weighted by Crippen LogP contribution is -1.94. The molecule has 10 aromatic rings. The van der Waals surface area contributed by atoms with E-state index in [1.165, 1.54) is 89.1 Å². The van der Waals surface area contributed by atoms with Crippen LogP contribution in [0.2, 0.25) is 0 Å². The number of nitrogens with zero attached hydrogens (tertiary/aromatic N) is 1. The lowest BCUT2D eigenvalue weighted by atomic mass is 10.0. The van der Waals surface area contributed by atoms with Crippen LogP contribution in [0.15, 0.2) is 127 Å². The van der Waals surface area contributed by atoms with E-state index in [0.29, 0.717) is 0 Å². The third-order valence-corrected chi connectivity index (χ3v) is 12.1. The molecule has 0 unspecified atom stereocenters. The summed E-state index contributed by atoms with van der Waals surface area (Å²) >= 11 is 5.69. The summed E-state index contributed by atoms with van der Waals surface area (Å²) in [5.74, 6) is 0. The molecular formula is C38H21NS3. The maximum atomic E-state index is 2.52. The first-order valence-corrected chi connectivity index (χ1v) is 16.6. The van der Waals surface area contributed by atoms with Crippen LogP contribution in [0.4, 0.5) is 0 Å². The highest BCUT2D eigenvalue weighted by Gasteiger charge is 2.22. The molecule has 0 atom stereocenters. The fraction of sp³-hybridized carbons (Fsp3) is 0. The fourth-order valence-corrected chi connectivity index (χ4v) is 10.4. The van der Waals surface area contributed by atoms with Gasteiger partial charge in [0.15, 0.2) is 0 Å². The Labute approximate surface area is 253 Å². The molecule has 0 saturated heterocycles. The Morgan fingerprint density at radius 1 is 0.476 bits per heavy atom. The average molecular weight is 588 g/mol. The molecule has 0 radical (unpaired) electrons. The van der Waals surface area contributed by atoms with Crippen molar-refractivity contribution >= 4 is 106 Å². The van der Waals surface area contributed by atoms with Crippen LogP contribution >= 0.6 is 34.0 Å². The lowest BCUT2D eigenvalue weighted by Gasteiger charge is -2.12. The van der Waals surface area contributed by atoms with Gasteiger partial charge in [0.1, 0.15) is 0 Å². The van der Waals surface area contributed by atoms with Crippen molar-refractivity contribution < 1.29 is 0 Å². The monoisotopic (exact) mass is 587 g/mol. The maximum absolute atomic E-state index is 2.52. The third-order valence-electron chi connectivity index (χ3n) is 8.67. The summed E-state index contributed by atoms with van der Waals surface area (Å²) in [6.07, 6.45) is 0. The highest BCUT2D eigenvalue weighted by molar-refractivity contribution is 7.28. The second-order valence-electron chi connectivity index (χ2n) is 10.9. The highest BCUT2D eigenvalue weighted by Crippen LogP contribution is 2.49. The smallest absolute Gasteiger partial charge is 0.0734 e. The van der Waals surface area contributed by atoms with E-state index in [0.717, 1.165) is 0 Å². The number of rotatable bonds is 2. The number of hydrogen-bond acceptors (Lipinski definition) is 3. The van der Waals surface area contributed by atoms with E-state index in [4.69, 9.17) is 0 Å². The minimum Gasteiger partial charge on any atom is -0.308 e. The summed E-state index contributed by atoms with van der Waals surface area (Å²) in [5, 5.41) is 11.7. The number of thiophene rings is 3. The maximum Gasteiger partial charge on any atom is 0.0734 e. The van der Waals surface area contributed by atoms with Crippen LogP contribution in [0.1, 0.15) is 0 Å². The van der Waals surface area contributed by atoms with E-state index in [-0.39, 0.29) is 0 Å². The molecule has 0 amide bonds. The van der Waals surface area contributed by atoms with E-state index >= 15 is 0 Å². The number of benzene rings is 6. The van der Waals surface area contributed by atoms with E-state index in [1.54, 1.807) is 0 Å². The average Bonchev–Trinajstić information content (AvgIpc) is 3.82. The summed E-state index contributed by atoms with van der Waals surface area (Å²) in [7, 11) is 0. The molecule has 0 saturated carbocycles. The summed E-state index contributed by atoms with van der Waals surface area (Å²) < 4.78 is 9.33. The van der Waals surface area contributed by atoms with Crippen LogP contribution in [0.25, 0.3) is 89.1 Å². The summed E-state index contributed by atoms with van der Waals surface area (Å²) in [5.41, 5.74) is 6.33. The molecule has 42 heavy (non-hydrogen) atoms. The molecule has 6 aromatic carbocycles. The largest absolute Gasteiger partial charge is 0.308 e. The molecule has 1 nitrogen and oxygen atoms in total. The Morgan fingerprint density at radius 3 is 2.10 bits per heavy atom. The van der Waals surface area contributed by atoms with Crippen molar-refractivity contribution in [2.45, 2.75) is 0 Å². The van der Waals surface area contributed by atoms with Crippen LogP contribution in [-0.2, 0) is 0 Å². The minimum absolute atomic E-state index is 1.20. The first kappa shape index (κ1) is 23.1. The zero-order valence-electron chi connectivity index (χ0n) is 22.3. The van der Waals surface area contributed by atoms with E-state index in [9.17, 15) is 0 Å². The fourth-order valence-electron chi connectivity index (χ4n) is 6.89. The number of aromatic nitrogens is 1. The van der Waals surface area contributed by atoms with Crippen molar-refractivity contribution in [1.29, 1.82) is 0 Å². The predicted octanol–water partition coefficient (Wildman–Crippen LogP) is 12.4. The second kappa shape index (κ2) is 8.52. The number of para-hydroxylation sites is 1. The quantitative estimate of drug-likeness (QED) is 0.190. The zero-order chi connectivity index (χ0) is 27.4. The van der Waals surface area contributed by atoms with Crippen molar-refractivity contribution in [3.63, 3.8) is 0 Å². The Morgan fingerprint density at radius 2 is 1.19 bits per heavy atom. The molecule has 0 bridgehead atoms. The normalized spacial score (nSPS) is 12.3. The van der Waals surface area contributed by atoms with Gasteiger partial charge in [-0.25, -0.2) is 0 Å². The van der Waals surface area contributed by atoms with Crippen LogP contribution in [0.5, 0.6) is 0 Å². The van der Waals surface area contributed by atoms with Gasteiger partial charge in [0, 0.05) is 62.2 Å². The van der Waals surface area contributed by atoms with Gasteiger partial charge in [-0.3, -0.25) is 0 Å². The molecule has 4 aromatic heterocycles. The van der Waals surface area contributed by atoms with Crippen molar-refractivity contribution in [2.24, 2.45) is 0 Å². The Bertz CT molecular complexity index is 2700. The van der Waals surface area contributed by atoms with Gasteiger partial charge in [-0.15, -0.1) is 34.0 Å². The van der Waals surface area contributed by atoms with Crippen molar-refractivity contribution in [3.05, 3.63) is 127 Å². The van der Waals surface area contributed by atoms with Crippen LogP contribution in [0, 0.1) is 0 Å². The predicted molar refractivity (Wildman–Crippen MR) is 187 cm³/mol. The highest BCUT2D eigenvalue weighted by atomic mass is 32.1. The van der Waals surface area contributed by atoms with Gasteiger partial charge in [0.2, 0.25) is 0 Å².